The van der Waals surface area contributed by atoms with E-state index in [-0.39, 0.29) is 24.2 Å². The molecular formula is C12H21NO2. The Morgan fingerprint density at radius 2 is 2.00 bits per heavy atom. The summed E-state index contributed by atoms with van der Waals surface area (Å²) in [5.41, 5.74) is 0. The molecule has 3 nitrogen and oxygen atoms in total. The van der Waals surface area contributed by atoms with Crippen molar-refractivity contribution in [3.8, 4) is 0 Å². The molecule has 0 spiro atoms. The summed E-state index contributed by atoms with van der Waals surface area (Å²) in [7, 11) is 0. The molecule has 3 atom stereocenters. The number of hydrogen-bond donors (Lipinski definition) is 1. The van der Waals surface area contributed by atoms with Crippen LogP contribution in [0.3, 0.4) is 0 Å². The smallest absolute Gasteiger partial charge is 0.227 e. The fourth-order valence-electron chi connectivity index (χ4n) is 2.51. The van der Waals surface area contributed by atoms with Gasteiger partial charge >= 0.3 is 0 Å². The van der Waals surface area contributed by atoms with Crippen molar-refractivity contribution >= 4 is 11.7 Å². The molecule has 1 aliphatic carbocycles. The van der Waals surface area contributed by atoms with Gasteiger partial charge in [-0.05, 0) is 31.6 Å². The standard InChI is InChI=1S/C12H21NO2/c1-4-10-5-6-11(9(10)3)13-12(15)7-8(2)14/h9-11H,4-7H2,1-3H3,(H,13,15). The van der Waals surface area contributed by atoms with Crippen LogP contribution < -0.4 is 5.32 Å². The lowest BCUT2D eigenvalue weighted by atomic mass is 9.93. The summed E-state index contributed by atoms with van der Waals surface area (Å²) in [6.07, 6.45) is 3.46. The third kappa shape index (κ3) is 3.33. The maximum atomic E-state index is 11.4. The van der Waals surface area contributed by atoms with Gasteiger partial charge in [0.25, 0.3) is 0 Å². The zero-order chi connectivity index (χ0) is 11.4. The zero-order valence-electron chi connectivity index (χ0n) is 9.88. The molecule has 0 saturated heterocycles. The van der Waals surface area contributed by atoms with Crippen molar-refractivity contribution in [2.75, 3.05) is 0 Å². The Morgan fingerprint density at radius 3 is 2.47 bits per heavy atom. The highest BCUT2D eigenvalue weighted by Gasteiger charge is 2.32. The number of Topliss-reactive ketones (excluding diaryl/α,β-unsaturated/α-hetero) is 1. The van der Waals surface area contributed by atoms with Gasteiger partial charge < -0.3 is 5.32 Å². The van der Waals surface area contributed by atoms with Crippen LogP contribution >= 0.6 is 0 Å². The highest BCUT2D eigenvalue weighted by atomic mass is 16.2. The first-order chi connectivity index (χ1) is 7.04. The molecule has 0 bridgehead atoms. The third-order valence-corrected chi connectivity index (χ3v) is 3.51. The first-order valence-electron chi connectivity index (χ1n) is 5.83. The van der Waals surface area contributed by atoms with Crippen molar-refractivity contribution < 1.29 is 9.59 Å². The summed E-state index contributed by atoms with van der Waals surface area (Å²) >= 11 is 0. The van der Waals surface area contributed by atoms with Gasteiger partial charge in [-0.3, -0.25) is 9.59 Å². The van der Waals surface area contributed by atoms with E-state index in [1.807, 2.05) is 0 Å². The lowest BCUT2D eigenvalue weighted by Gasteiger charge is -2.20. The lowest BCUT2D eigenvalue weighted by molar-refractivity contribution is -0.127. The van der Waals surface area contributed by atoms with Gasteiger partial charge in [-0.25, -0.2) is 0 Å². The first-order valence-corrected chi connectivity index (χ1v) is 5.83. The molecule has 0 radical (unpaired) electrons. The van der Waals surface area contributed by atoms with Gasteiger partial charge in [0.1, 0.15) is 5.78 Å². The molecule has 1 rings (SSSR count). The molecule has 1 fully saturated rings. The molecule has 1 saturated carbocycles. The molecule has 1 N–H and O–H groups in total. The fourth-order valence-corrected chi connectivity index (χ4v) is 2.51. The predicted octanol–water partition coefficient (Wildman–Crippen LogP) is 1.91. The van der Waals surface area contributed by atoms with Gasteiger partial charge in [-0.15, -0.1) is 0 Å². The van der Waals surface area contributed by atoms with Crippen LogP contribution in [0.15, 0.2) is 0 Å². The van der Waals surface area contributed by atoms with Crippen molar-refractivity contribution in [1.29, 1.82) is 0 Å². The minimum absolute atomic E-state index is 0.0278. The minimum Gasteiger partial charge on any atom is -0.353 e. The van der Waals surface area contributed by atoms with Crippen molar-refractivity contribution in [1.82, 2.24) is 5.32 Å². The largest absolute Gasteiger partial charge is 0.353 e. The van der Waals surface area contributed by atoms with E-state index in [1.165, 1.54) is 19.8 Å². The third-order valence-electron chi connectivity index (χ3n) is 3.51. The second-order valence-electron chi connectivity index (χ2n) is 4.66. The molecule has 3 heteroatoms. The number of ketones is 1. The average molecular weight is 211 g/mol. The Morgan fingerprint density at radius 1 is 1.33 bits per heavy atom. The maximum absolute atomic E-state index is 11.4. The Bertz CT molecular complexity index is 250. The van der Waals surface area contributed by atoms with Crippen LogP contribution in [0.1, 0.15) is 46.5 Å². The highest BCUT2D eigenvalue weighted by molar-refractivity contribution is 5.96. The van der Waals surface area contributed by atoms with E-state index >= 15 is 0 Å². The topological polar surface area (TPSA) is 46.2 Å². The fraction of sp³-hybridized carbons (Fsp3) is 0.833. The maximum Gasteiger partial charge on any atom is 0.227 e. The minimum atomic E-state index is -0.115. The van der Waals surface area contributed by atoms with Gasteiger partial charge in [0.15, 0.2) is 0 Å². The van der Waals surface area contributed by atoms with Gasteiger partial charge in [0, 0.05) is 6.04 Å². The number of hydrogen-bond acceptors (Lipinski definition) is 2. The summed E-state index contributed by atoms with van der Waals surface area (Å²) < 4.78 is 0. The van der Waals surface area contributed by atoms with Crippen LogP contribution in [-0.2, 0) is 9.59 Å². The first kappa shape index (κ1) is 12.2. The molecule has 86 valence electrons. The Balaban J connectivity index is 2.40. The van der Waals surface area contributed by atoms with E-state index in [2.05, 4.69) is 19.2 Å². The van der Waals surface area contributed by atoms with Crippen LogP contribution in [0.25, 0.3) is 0 Å². The predicted molar refractivity (Wildman–Crippen MR) is 59.4 cm³/mol. The van der Waals surface area contributed by atoms with Crippen molar-refractivity contribution in [3.05, 3.63) is 0 Å². The molecule has 1 amide bonds. The summed E-state index contributed by atoms with van der Waals surface area (Å²) in [5, 5.41) is 2.96. The van der Waals surface area contributed by atoms with E-state index in [9.17, 15) is 9.59 Å². The zero-order valence-corrected chi connectivity index (χ0v) is 9.88. The monoisotopic (exact) mass is 211 g/mol. The summed E-state index contributed by atoms with van der Waals surface area (Å²) in [5.74, 6) is 1.10. The van der Waals surface area contributed by atoms with Crippen LogP contribution in [0.2, 0.25) is 0 Å². The molecule has 15 heavy (non-hydrogen) atoms. The number of carbonyl (C=O) groups excluding carboxylic acids is 2. The number of amides is 1. The van der Waals surface area contributed by atoms with Crippen molar-refractivity contribution in [3.63, 3.8) is 0 Å². The number of nitrogens with one attached hydrogen (secondary N) is 1. The summed E-state index contributed by atoms with van der Waals surface area (Å²) in [4.78, 5) is 22.2. The second-order valence-corrected chi connectivity index (χ2v) is 4.66. The van der Waals surface area contributed by atoms with Gasteiger partial charge in [-0.1, -0.05) is 20.3 Å². The summed E-state index contributed by atoms with van der Waals surface area (Å²) in [6, 6.07) is 0.279. The molecule has 0 heterocycles. The SMILES string of the molecule is CCC1CCC(NC(=O)CC(C)=O)C1C. The molecule has 0 aromatic rings. The summed E-state index contributed by atoms with van der Waals surface area (Å²) in [6.45, 7) is 5.84. The molecule has 0 aromatic carbocycles. The molecule has 1 aliphatic rings. The molecule has 0 aromatic heterocycles. The van der Waals surface area contributed by atoms with Crippen molar-refractivity contribution in [2.24, 2.45) is 11.8 Å². The van der Waals surface area contributed by atoms with Crippen molar-refractivity contribution in [2.45, 2.75) is 52.5 Å². The van der Waals surface area contributed by atoms with E-state index < -0.39 is 0 Å². The highest BCUT2D eigenvalue weighted by Crippen LogP contribution is 2.33. The molecule has 3 unspecified atom stereocenters. The van der Waals surface area contributed by atoms with Gasteiger partial charge in [0.2, 0.25) is 5.91 Å². The quantitative estimate of drug-likeness (QED) is 0.722. The second kappa shape index (κ2) is 5.29. The van der Waals surface area contributed by atoms with E-state index in [1.54, 1.807) is 0 Å². The van der Waals surface area contributed by atoms with Crippen LogP contribution in [0, 0.1) is 11.8 Å². The van der Waals surface area contributed by atoms with Crippen LogP contribution in [0.4, 0.5) is 0 Å². The molecule has 0 aliphatic heterocycles. The van der Waals surface area contributed by atoms with Crippen LogP contribution in [-0.4, -0.2) is 17.7 Å². The van der Waals surface area contributed by atoms with E-state index in [0.29, 0.717) is 5.92 Å². The normalized spacial score (nSPS) is 30.2. The van der Waals surface area contributed by atoms with Gasteiger partial charge in [-0.2, -0.15) is 0 Å². The molecular weight excluding hydrogens is 190 g/mol. The Kier molecular flexibility index (Phi) is 4.30. The lowest BCUT2D eigenvalue weighted by Crippen LogP contribution is -2.38. The number of rotatable bonds is 4. The van der Waals surface area contributed by atoms with Crippen LogP contribution in [0.5, 0.6) is 0 Å². The Labute approximate surface area is 91.6 Å². The average Bonchev–Trinajstić information content (AvgIpc) is 2.46. The van der Waals surface area contributed by atoms with Gasteiger partial charge in [0.05, 0.1) is 6.42 Å². The van der Waals surface area contributed by atoms with E-state index in [0.717, 1.165) is 12.3 Å². The number of carbonyl (C=O) groups is 2. The van der Waals surface area contributed by atoms with E-state index in [4.69, 9.17) is 0 Å². The Hall–Kier alpha value is -0.860.